The summed E-state index contributed by atoms with van der Waals surface area (Å²) in [4.78, 5) is 32.2. The van der Waals surface area contributed by atoms with E-state index in [0.29, 0.717) is 11.3 Å². The molecule has 2 aromatic rings. The lowest BCUT2D eigenvalue weighted by Crippen LogP contribution is -2.24. The summed E-state index contributed by atoms with van der Waals surface area (Å²) in [6.45, 7) is 0.238. The van der Waals surface area contributed by atoms with Gasteiger partial charge < -0.3 is 15.4 Å². The van der Waals surface area contributed by atoms with Crippen LogP contribution in [0.4, 0.5) is 19.0 Å². The number of nitrogens with one attached hydrogen (secondary N) is 2. The van der Waals surface area contributed by atoms with Crippen LogP contribution < -0.4 is 15.4 Å². The number of amides is 2. The second-order valence-electron chi connectivity index (χ2n) is 6.75. The fourth-order valence-corrected chi connectivity index (χ4v) is 2.51. The molecule has 2 aromatic heterocycles. The van der Waals surface area contributed by atoms with Crippen LogP contribution in [0, 0.1) is 12.8 Å². The zero-order chi connectivity index (χ0) is 21.0. The van der Waals surface area contributed by atoms with E-state index in [1.165, 1.54) is 24.4 Å². The standard InChI is InChI=1S/C19H19F3N4O3/c1-11-6-14(25-16(7-11)29-10-19(20,21)22)9-24-17(27)13-4-5-23-15(8-13)26-18(28)12-2-3-12/h4-8,12H,2-3,9-10H2,1H3,(H,24,27)(H,23,26,28). The number of rotatable bonds is 7. The number of hydrogen-bond acceptors (Lipinski definition) is 5. The minimum absolute atomic E-state index is 0.00498. The topological polar surface area (TPSA) is 93.2 Å². The van der Waals surface area contributed by atoms with E-state index in [1.54, 1.807) is 13.0 Å². The average molecular weight is 408 g/mol. The highest BCUT2D eigenvalue weighted by Crippen LogP contribution is 2.30. The van der Waals surface area contributed by atoms with E-state index in [4.69, 9.17) is 0 Å². The van der Waals surface area contributed by atoms with Crippen molar-refractivity contribution in [2.75, 3.05) is 11.9 Å². The second-order valence-corrected chi connectivity index (χ2v) is 6.75. The minimum atomic E-state index is -4.46. The van der Waals surface area contributed by atoms with Gasteiger partial charge in [-0.2, -0.15) is 13.2 Å². The van der Waals surface area contributed by atoms with E-state index < -0.39 is 18.7 Å². The maximum atomic E-state index is 12.4. The molecule has 154 valence electrons. The molecule has 0 saturated heterocycles. The SMILES string of the molecule is Cc1cc(CNC(=O)c2ccnc(NC(=O)C3CC3)c2)nc(OCC(F)(F)F)c1. The smallest absolute Gasteiger partial charge is 0.422 e. The average Bonchev–Trinajstić information content (AvgIpc) is 3.49. The summed E-state index contributed by atoms with van der Waals surface area (Å²) in [5.41, 5.74) is 1.29. The third-order valence-electron chi connectivity index (χ3n) is 4.03. The third-order valence-corrected chi connectivity index (χ3v) is 4.03. The molecule has 0 aromatic carbocycles. The van der Waals surface area contributed by atoms with E-state index in [-0.39, 0.29) is 35.6 Å². The van der Waals surface area contributed by atoms with Gasteiger partial charge in [0.2, 0.25) is 11.8 Å². The number of pyridine rings is 2. The Morgan fingerprint density at radius 2 is 2.00 bits per heavy atom. The van der Waals surface area contributed by atoms with Gasteiger partial charge in [-0.1, -0.05) is 0 Å². The lowest BCUT2D eigenvalue weighted by Gasteiger charge is -2.11. The van der Waals surface area contributed by atoms with Crippen LogP contribution in [0.5, 0.6) is 5.88 Å². The van der Waals surface area contributed by atoms with Crippen molar-refractivity contribution in [1.29, 1.82) is 0 Å². The summed E-state index contributed by atoms with van der Waals surface area (Å²) in [5.74, 6) is -0.428. The predicted octanol–water partition coefficient (Wildman–Crippen LogP) is 3.00. The molecule has 7 nitrogen and oxygen atoms in total. The molecule has 0 aliphatic heterocycles. The van der Waals surface area contributed by atoms with Crippen molar-refractivity contribution in [3.05, 3.63) is 47.3 Å². The number of hydrogen-bond donors (Lipinski definition) is 2. The molecular formula is C19H19F3N4O3. The molecule has 10 heteroatoms. The molecule has 0 spiro atoms. The van der Waals surface area contributed by atoms with Crippen molar-refractivity contribution in [3.8, 4) is 5.88 Å². The van der Waals surface area contributed by atoms with Gasteiger partial charge >= 0.3 is 6.18 Å². The second kappa shape index (κ2) is 8.46. The molecule has 0 radical (unpaired) electrons. The lowest BCUT2D eigenvalue weighted by atomic mass is 10.2. The first-order valence-electron chi connectivity index (χ1n) is 8.92. The van der Waals surface area contributed by atoms with Gasteiger partial charge in [0, 0.05) is 23.7 Å². The Kier molecular flexibility index (Phi) is 6.00. The Labute approximate surface area is 164 Å². The Morgan fingerprint density at radius 1 is 1.24 bits per heavy atom. The van der Waals surface area contributed by atoms with Crippen LogP contribution in [0.15, 0.2) is 30.5 Å². The number of alkyl halides is 3. The number of nitrogens with zero attached hydrogens (tertiary/aromatic N) is 2. The van der Waals surface area contributed by atoms with E-state index in [0.717, 1.165) is 12.8 Å². The van der Waals surface area contributed by atoms with Gasteiger partial charge in [0.1, 0.15) is 5.82 Å². The molecule has 1 aliphatic carbocycles. The molecule has 3 rings (SSSR count). The van der Waals surface area contributed by atoms with Crippen molar-refractivity contribution in [1.82, 2.24) is 15.3 Å². The van der Waals surface area contributed by atoms with E-state index in [2.05, 4.69) is 25.3 Å². The lowest BCUT2D eigenvalue weighted by molar-refractivity contribution is -0.154. The van der Waals surface area contributed by atoms with Gasteiger partial charge in [0.15, 0.2) is 6.61 Å². The summed E-state index contributed by atoms with van der Waals surface area (Å²) in [6.07, 6.45) is -1.35. The largest absolute Gasteiger partial charge is 0.468 e. The Morgan fingerprint density at radius 3 is 2.69 bits per heavy atom. The maximum absolute atomic E-state index is 12.4. The van der Waals surface area contributed by atoms with Crippen molar-refractivity contribution < 1.29 is 27.5 Å². The molecular weight excluding hydrogens is 389 g/mol. The molecule has 1 aliphatic rings. The monoisotopic (exact) mass is 408 g/mol. The van der Waals surface area contributed by atoms with Crippen molar-refractivity contribution in [3.63, 3.8) is 0 Å². The van der Waals surface area contributed by atoms with Crippen LogP contribution in [-0.2, 0) is 11.3 Å². The predicted molar refractivity (Wildman–Crippen MR) is 97.3 cm³/mol. The van der Waals surface area contributed by atoms with Crippen LogP contribution in [0.25, 0.3) is 0 Å². The van der Waals surface area contributed by atoms with Gasteiger partial charge in [0.25, 0.3) is 5.91 Å². The zero-order valence-electron chi connectivity index (χ0n) is 15.5. The first-order chi connectivity index (χ1) is 13.7. The fourth-order valence-electron chi connectivity index (χ4n) is 2.51. The molecule has 1 saturated carbocycles. The highest BCUT2D eigenvalue weighted by molar-refractivity contribution is 5.97. The number of anilines is 1. The highest BCUT2D eigenvalue weighted by Gasteiger charge is 2.30. The Balaban J connectivity index is 1.60. The molecule has 2 N–H and O–H groups in total. The van der Waals surface area contributed by atoms with Gasteiger partial charge in [-0.15, -0.1) is 0 Å². The van der Waals surface area contributed by atoms with Crippen LogP contribution in [0.3, 0.4) is 0 Å². The molecule has 2 amide bonds. The van der Waals surface area contributed by atoms with E-state index >= 15 is 0 Å². The van der Waals surface area contributed by atoms with Crippen LogP contribution in [0.2, 0.25) is 0 Å². The number of aromatic nitrogens is 2. The maximum Gasteiger partial charge on any atom is 0.422 e. The van der Waals surface area contributed by atoms with E-state index in [9.17, 15) is 22.8 Å². The van der Waals surface area contributed by atoms with Gasteiger partial charge in [-0.3, -0.25) is 9.59 Å². The number of carbonyl (C=O) groups is 2. The molecule has 29 heavy (non-hydrogen) atoms. The number of halogens is 3. The van der Waals surface area contributed by atoms with Crippen LogP contribution >= 0.6 is 0 Å². The summed E-state index contributed by atoms with van der Waals surface area (Å²) >= 11 is 0. The molecule has 1 fully saturated rings. The van der Waals surface area contributed by atoms with Crippen molar-refractivity contribution >= 4 is 17.6 Å². The van der Waals surface area contributed by atoms with Gasteiger partial charge in [0.05, 0.1) is 12.2 Å². The third kappa shape index (κ3) is 6.44. The Bertz CT molecular complexity index is 914. The summed E-state index contributed by atoms with van der Waals surface area (Å²) < 4.78 is 41.6. The number of aryl methyl sites for hydroxylation is 1. The molecule has 0 atom stereocenters. The zero-order valence-corrected chi connectivity index (χ0v) is 15.5. The fraction of sp³-hybridized carbons (Fsp3) is 0.368. The highest BCUT2D eigenvalue weighted by atomic mass is 19.4. The van der Waals surface area contributed by atoms with Crippen LogP contribution in [-0.4, -0.2) is 34.6 Å². The molecule has 2 heterocycles. The van der Waals surface area contributed by atoms with Gasteiger partial charge in [-0.05, 0) is 43.5 Å². The summed E-state index contributed by atoms with van der Waals surface area (Å²) in [5, 5.41) is 5.30. The number of carbonyl (C=O) groups excluding carboxylic acids is 2. The molecule has 0 unspecified atom stereocenters. The van der Waals surface area contributed by atoms with Crippen molar-refractivity contribution in [2.24, 2.45) is 5.92 Å². The van der Waals surface area contributed by atoms with Crippen LogP contribution in [0.1, 0.15) is 34.5 Å². The first-order valence-corrected chi connectivity index (χ1v) is 8.92. The van der Waals surface area contributed by atoms with Gasteiger partial charge in [-0.25, -0.2) is 9.97 Å². The van der Waals surface area contributed by atoms with Crippen molar-refractivity contribution in [2.45, 2.75) is 32.5 Å². The quantitative estimate of drug-likeness (QED) is 0.735. The summed E-state index contributed by atoms with van der Waals surface area (Å²) in [7, 11) is 0. The Hall–Kier alpha value is -3.17. The van der Waals surface area contributed by atoms with E-state index in [1.807, 2.05) is 0 Å². The normalized spacial score (nSPS) is 13.7. The number of ether oxygens (including phenoxy) is 1. The molecule has 0 bridgehead atoms. The first kappa shape index (κ1) is 20.6. The minimum Gasteiger partial charge on any atom is -0.468 e. The summed E-state index contributed by atoms with van der Waals surface area (Å²) in [6, 6.07) is 5.96.